The highest BCUT2D eigenvalue weighted by Gasteiger charge is 2.07. The molecule has 2 aromatic rings. The summed E-state index contributed by atoms with van der Waals surface area (Å²) in [6, 6.07) is 13.2. The SMILES string of the molecule is CC(C)c1cccc(Oc2cc(Cl)ccc2CO)c1. The van der Waals surface area contributed by atoms with E-state index >= 15 is 0 Å². The molecule has 2 nitrogen and oxygen atoms in total. The molecule has 1 N–H and O–H groups in total. The van der Waals surface area contributed by atoms with Crippen molar-refractivity contribution in [2.24, 2.45) is 0 Å². The highest BCUT2D eigenvalue weighted by atomic mass is 35.5. The van der Waals surface area contributed by atoms with Crippen molar-refractivity contribution >= 4 is 11.6 Å². The molecule has 0 spiro atoms. The van der Waals surface area contributed by atoms with Crippen molar-refractivity contribution in [3.8, 4) is 11.5 Å². The third kappa shape index (κ3) is 3.49. The minimum absolute atomic E-state index is 0.0730. The molecule has 0 radical (unpaired) electrons. The Morgan fingerprint density at radius 3 is 2.63 bits per heavy atom. The lowest BCUT2D eigenvalue weighted by atomic mass is 10.0. The molecule has 0 aliphatic heterocycles. The van der Waals surface area contributed by atoms with Crippen molar-refractivity contribution in [2.75, 3.05) is 0 Å². The summed E-state index contributed by atoms with van der Waals surface area (Å²) in [5.41, 5.74) is 1.93. The van der Waals surface area contributed by atoms with E-state index in [1.807, 2.05) is 18.2 Å². The van der Waals surface area contributed by atoms with Crippen molar-refractivity contribution in [3.63, 3.8) is 0 Å². The van der Waals surface area contributed by atoms with Crippen molar-refractivity contribution in [3.05, 3.63) is 58.6 Å². The number of ether oxygens (including phenoxy) is 1. The van der Waals surface area contributed by atoms with Gasteiger partial charge in [0.25, 0.3) is 0 Å². The molecule has 0 amide bonds. The van der Waals surface area contributed by atoms with E-state index in [0.29, 0.717) is 16.7 Å². The Kier molecular flexibility index (Phi) is 4.46. The Balaban J connectivity index is 2.30. The standard InChI is InChI=1S/C16H17ClO2/c1-11(2)12-4-3-5-15(8-12)19-16-9-14(17)7-6-13(16)10-18/h3-9,11,18H,10H2,1-2H3. The lowest BCUT2D eigenvalue weighted by Gasteiger charge is -2.12. The lowest BCUT2D eigenvalue weighted by Crippen LogP contribution is -1.93. The first-order valence-electron chi connectivity index (χ1n) is 6.27. The van der Waals surface area contributed by atoms with Gasteiger partial charge < -0.3 is 9.84 Å². The molecule has 100 valence electrons. The van der Waals surface area contributed by atoms with Gasteiger partial charge in [-0.25, -0.2) is 0 Å². The van der Waals surface area contributed by atoms with Crippen LogP contribution in [0.4, 0.5) is 0 Å². The van der Waals surface area contributed by atoms with E-state index in [4.69, 9.17) is 16.3 Å². The van der Waals surface area contributed by atoms with Crippen LogP contribution in [0, 0.1) is 0 Å². The van der Waals surface area contributed by atoms with Gasteiger partial charge in [-0.2, -0.15) is 0 Å². The summed E-state index contributed by atoms with van der Waals surface area (Å²) in [5, 5.41) is 9.90. The van der Waals surface area contributed by atoms with E-state index in [0.717, 1.165) is 11.3 Å². The van der Waals surface area contributed by atoms with Crippen LogP contribution in [0.25, 0.3) is 0 Å². The second kappa shape index (κ2) is 6.09. The fraction of sp³-hybridized carbons (Fsp3) is 0.250. The average molecular weight is 277 g/mol. The zero-order valence-corrected chi connectivity index (χ0v) is 11.8. The summed E-state index contributed by atoms with van der Waals surface area (Å²) in [7, 11) is 0. The van der Waals surface area contributed by atoms with E-state index in [-0.39, 0.29) is 6.61 Å². The maximum atomic E-state index is 9.31. The molecule has 0 aliphatic rings. The number of halogens is 1. The van der Waals surface area contributed by atoms with Gasteiger partial charge in [0.1, 0.15) is 11.5 Å². The minimum Gasteiger partial charge on any atom is -0.457 e. The molecule has 0 aliphatic carbocycles. The second-order valence-corrected chi connectivity index (χ2v) is 5.18. The summed E-state index contributed by atoms with van der Waals surface area (Å²) in [5.74, 6) is 1.79. The van der Waals surface area contributed by atoms with Crippen LogP contribution in [0.15, 0.2) is 42.5 Å². The summed E-state index contributed by atoms with van der Waals surface area (Å²) >= 11 is 5.96. The molecular formula is C16H17ClO2. The molecule has 0 saturated heterocycles. The molecule has 0 atom stereocenters. The second-order valence-electron chi connectivity index (χ2n) is 4.74. The summed E-state index contributed by atoms with van der Waals surface area (Å²) < 4.78 is 5.83. The van der Waals surface area contributed by atoms with Gasteiger partial charge in [-0.15, -0.1) is 0 Å². The largest absolute Gasteiger partial charge is 0.457 e. The number of aliphatic hydroxyl groups excluding tert-OH is 1. The monoisotopic (exact) mass is 276 g/mol. The summed E-state index contributed by atoms with van der Waals surface area (Å²) in [6.45, 7) is 4.20. The molecule has 3 heteroatoms. The number of rotatable bonds is 4. The van der Waals surface area contributed by atoms with Gasteiger partial charge in [0.2, 0.25) is 0 Å². The normalized spacial score (nSPS) is 10.8. The van der Waals surface area contributed by atoms with Gasteiger partial charge in [0.15, 0.2) is 0 Å². The van der Waals surface area contributed by atoms with Crippen molar-refractivity contribution in [1.29, 1.82) is 0 Å². The third-order valence-electron chi connectivity index (χ3n) is 2.95. The maximum Gasteiger partial charge on any atom is 0.134 e. The summed E-state index contributed by atoms with van der Waals surface area (Å²) in [6.07, 6.45) is 0. The molecule has 2 rings (SSSR count). The van der Waals surface area contributed by atoms with E-state index < -0.39 is 0 Å². The van der Waals surface area contributed by atoms with Crippen LogP contribution >= 0.6 is 11.6 Å². The molecule has 0 bridgehead atoms. The van der Waals surface area contributed by atoms with Gasteiger partial charge in [-0.3, -0.25) is 0 Å². The Morgan fingerprint density at radius 1 is 1.16 bits per heavy atom. The number of benzene rings is 2. The van der Waals surface area contributed by atoms with E-state index in [1.54, 1.807) is 18.2 Å². The fourth-order valence-corrected chi connectivity index (χ4v) is 1.98. The zero-order valence-electron chi connectivity index (χ0n) is 11.1. The maximum absolute atomic E-state index is 9.31. The zero-order chi connectivity index (χ0) is 13.8. The van der Waals surface area contributed by atoms with Crippen LogP contribution in [0.2, 0.25) is 5.02 Å². The molecule has 0 aromatic heterocycles. The molecule has 0 heterocycles. The molecule has 0 unspecified atom stereocenters. The Morgan fingerprint density at radius 2 is 1.95 bits per heavy atom. The van der Waals surface area contributed by atoms with Crippen LogP contribution in [0.5, 0.6) is 11.5 Å². The van der Waals surface area contributed by atoms with E-state index in [2.05, 4.69) is 19.9 Å². The van der Waals surface area contributed by atoms with E-state index in [9.17, 15) is 5.11 Å². The molecule has 0 saturated carbocycles. The van der Waals surface area contributed by atoms with Crippen LogP contribution in [-0.4, -0.2) is 5.11 Å². The topological polar surface area (TPSA) is 29.5 Å². The first-order chi connectivity index (χ1) is 9.10. The van der Waals surface area contributed by atoms with Crippen molar-refractivity contribution in [2.45, 2.75) is 26.4 Å². The average Bonchev–Trinajstić information content (AvgIpc) is 2.39. The van der Waals surface area contributed by atoms with Crippen molar-refractivity contribution < 1.29 is 9.84 Å². The number of hydrogen-bond acceptors (Lipinski definition) is 2. The van der Waals surface area contributed by atoms with Gasteiger partial charge in [0.05, 0.1) is 6.61 Å². The van der Waals surface area contributed by atoms with Crippen LogP contribution in [0.3, 0.4) is 0 Å². The summed E-state index contributed by atoms with van der Waals surface area (Å²) in [4.78, 5) is 0. The van der Waals surface area contributed by atoms with Crippen LogP contribution in [-0.2, 0) is 6.61 Å². The highest BCUT2D eigenvalue weighted by Crippen LogP contribution is 2.30. The molecule has 2 aromatic carbocycles. The fourth-order valence-electron chi connectivity index (χ4n) is 1.82. The number of aliphatic hydroxyl groups is 1. The first-order valence-corrected chi connectivity index (χ1v) is 6.65. The van der Waals surface area contributed by atoms with Gasteiger partial charge in [-0.05, 0) is 35.7 Å². The lowest BCUT2D eigenvalue weighted by molar-refractivity contribution is 0.276. The molecule has 19 heavy (non-hydrogen) atoms. The van der Waals surface area contributed by atoms with Crippen LogP contribution < -0.4 is 4.74 Å². The van der Waals surface area contributed by atoms with Crippen LogP contribution in [0.1, 0.15) is 30.9 Å². The highest BCUT2D eigenvalue weighted by molar-refractivity contribution is 6.30. The minimum atomic E-state index is -0.0730. The van der Waals surface area contributed by atoms with Crippen molar-refractivity contribution in [1.82, 2.24) is 0 Å². The Labute approximate surface area is 118 Å². The first kappa shape index (κ1) is 13.9. The predicted octanol–water partition coefficient (Wildman–Crippen LogP) is 4.75. The van der Waals surface area contributed by atoms with Gasteiger partial charge in [0, 0.05) is 10.6 Å². The molecular weight excluding hydrogens is 260 g/mol. The Bertz CT molecular complexity index is 564. The molecule has 0 fully saturated rings. The predicted molar refractivity (Wildman–Crippen MR) is 78.0 cm³/mol. The van der Waals surface area contributed by atoms with Gasteiger partial charge >= 0.3 is 0 Å². The Hall–Kier alpha value is -1.51. The van der Waals surface area contributed by atoms with Gasteiger partial charge in [-0.1, -0.05) is 43.6 Å². The van der Waals surface area contributed by atoms with E-state index in [1.165, 1.54) is 5.56 Å². The number of hydrogen-bond donors (Lipinski definition) is 1. The quantitative estimate of drug-likeness (QED) is 0.873. The third-order valence-corrected chi connectivity index (χ3v) is 3.19. The smallest absolute Gasteiger partial charge is 0.134 e.